The number of halogens is 2. The zero-order chi connectivity index (χ0) is 14.1. The van der Waals surface area contributed by atoms with Crippen LogP contribution in [0.3, 0.4) is 0 Å². The van der Waals surface area contributed by atoms with E-state index in [4.69, 9.17) is 21.9 Å². The largest absolute Gasteiger partial charge is 0.398 e. The van der Waals surface area contributed by atoms with E-state index in [1.54, 1.807) is 18.2 Å². The van der Waals surface area contributed by atoms with E-state index in [0.29, 0.717) is 22.4 Å². The lowest BCUT2D eigenvalue weighted by molar-refractivity contribution is 0.432. The maximum Gasteiger partial charge on any atom is 0.258 e. The first-order chi connectivity index (χ1) is 9.63. The second-order valence-electron chi connectivity index (χ2n) is 4.17. The van der Waals surface area contributed by atoms with E-state index >= 15 is 0 Å². The highest BCUT2D eigenvalue weighted by Gasteiger charge is 2.13. The Morgan fingerprint density at radius 3 is 2.70 bits per heavy atom. The summed E-state index contributed by atoms with van der Waals surface area (Å²) in [7, 11) is 0. The number of rotatable bonds is 2. The van der Waals surface area contributed by atoms with Gasteiger partial charge in [0.1, 0.15) is 0 Å². The topological polar surface area (TPSA) is 64.9 Å². The lowest BCUT2D eigenvalue weighted by Gasteiger charge is -1.98. The first kappa shape index (κ1) is 13.1. The molecule has 0 amide bonds. The van der Waals surface area contributed by atoms with Gasteiger partial charge in [-0.1, -0.05) is 44.8 Å². The van der Waals surface area contributed by atoms with Crippen LogP contribution in [0.2, 0.25) is 5.02 Å². The van der Waals surface area contributed by atoms with Gasteiger partial charge in [0.25, 0.3) is 5.89 Å². The maximum absolute atomic E-state index is 6.01. The Kier molecular flexibility index (Phi) is 3.46. The van der Waals surface area contributed by atoms with Gasteiger partial charge in [0, 0.05) is 26.3 Å². The molecule has 0 aliphatic rings. The Balaban J connectivity index is 2.04. The Hall–Kier alpha value is -1.85. The zero-order valence-electron chi connectivity index (χ0n) is 10.2. The van der Waals surface area contributed by atoms with Crippen LogP contribution in [0, 0.1) is 0 Å². The molecule has 2 N–H and O–H groups in total. The van der Waals surface area contributed by atoms with Crippen molar-refractivity contribution < 1.29 is 4.52 Å². The molecule has 0 fully saturated rings. The molecule has 0 radical (unpaired) electrons. The number of nitrogen functional groups attached to an aromatic ring is 1. The molecule has 0 aliphatic carbocycles. The van der Waals surface area contributed by atoms with Crippen LogP contribution >= 0.6 is 27.5 Å². The number of nitrogens with two attached hydrogens (primary N) is 1. The molecule has 0 unspecified atom stereocenters. The van der Waals surface area contributed by atoms with Crippen LogP contribution in [0.25, 0.3) is 22.8 Å². The highest BCUT2D eigenvalue weighted by molar-refractivity contribution is 9.10. The Labute approximate surface area is 128 Å². The van der Waals surface area contributed by atoms with Crippen molar-refractivity contribution in [1.82, 2.24) is 10.1 Å². The molecule has 6 heteroatoms. The molecule has 0 atom stereocenters. The van der Waals surface area contributed by atoms with Gasteiger partial charge in [0.05, 0.1) is 0 Å². The third-order valence-electron chi connectivity index (χ3n) is 2.74. The van der Waals surface area contributed by atoms with Gasteiger partial charge in [-0.2, -0.15) is 4.98 Å². The van der Waals surface area contributed by atoms with Gasteiger partial charge in [0.15, 0.2) is 0 Å². The molecule has 1 heterocycles. The fourth-order valence-corrected chi connectivity index (χ4v) is 2.69. The van der Waals surface area contributed by atoms with Gasteiger partial charge < -0.3 is 10.3 Å². The second-order valence-corrected chi connectivity index (χ2v) is 5.52. The summed E-state index contributed by atoms with van der Waals surface area (Å²) >= 11 is 9.39. The number of aromatic nitrogens is 2. The Morgan fingerprint density at radius 1 is 1.15 bits per heavy atom. The van der Waals surface area contributed by atoms with Gasteiger partial charge in [0.2, 0.25) is 5.82 Å². The van der Waals surface area contributed by atoms with E-state index in [1.165, 1.54) is 0 Å². The first-order valence-corrected chi connectivity index (χ1v) is 6.95. The van der Waals surface area contributed by atoms with Gasteiger partial charge >= 0.3 is 0 Å². The molecule has 100 valence electrons. The van der Waals surface area contributed by atoms with Crippen molar-refractivity contribution in [2.75, 3.05) is 5.73 Å². The monoisotopic (exact) mass is 349 g/mol. The highest BCUT2D eigenvalue weighted by atomic mass is 79.9. The van der Waals surface area contributed by atoms with Crippen LogP contribution in [-0.2, 0) is 0 Å². The molecule has 3 rings (SSSR count). The minimum absolute atomic E-state index is 0.395. The molecule has 3 aromatic rings. The number of benzene rings is 2. The summed E-state index contributed by atoms with van der Waals surface area (Å²) in [4.78, 5) is 4.36. The summed E-state index contributed by atoms with van der Waals surface area (Å²) in [6.45, 7) is 0. The van der Waals surface area contributed by atoms with E-state index < -0.39 is 0 Å². The van der Waals surface area contributed by atoms with Gasteiger partial charge in [-0.15, -0.1) is 0 Å². The average Bonchev–Trinajstić information content (AvgIpc) is 2.87. The van der Waals surface area contributed by atoms with E-state index in [0.717, 1.165) is 15.6 Å². The van der Waals surface area contributed by atoms with Gasteiger partial charge in [-0.25, -0.2) is 0 Å². The van der Waals surface area contributed by atoms with Crippen molar-refractivity contribution in [3.8, 4) is 22.8 Å². The first-order valence-electron chi connectivity index (χ1n) is 5.78. The summed E-state index contributed by atoms with van der Waals surface area (Å²) in [6, 6.07) is 12.8. The van der Waals surface area contributed by atoms with Crippen LogP contribution in [-0.4, -0.2) is 10.1 Å². The fourth-order valence-electron chi connectivity index (χ4n) is 1.83. The summed E-state index contributed by atoms with van der Waals surface area (Å²) in [5.41, 5.74) is 7.99. The zero-order valence-corrected chi connectivity index (χ0v) is 12.5. The van der Waals surface area contributed by atoms with E-state index in [-0.39, 0.29) is 0 Å². The number of nitrogens with zero attached hydrogens (tertiary/aromatic N) is 2. The molecular formula is C14H9BrClN3O. The lowest BCUT2D eigenvalue weighted by Crippen LogP contribution is -1.90. The standard InChI is InChI=1S/C14H9BrClN3O/c15-9-5-8(6-10(16)7-9)14-18-13(19-20-14)11-3-1-2-4-12(11)17/h1-7H,17H2. The molecule has 0 bridgehead atoms. The number of hydrogen-bond donors (Lipinski definition) is 1. The van der Waals surface area contributed by atoms with Crippen molar-refractivity contribution in [3.63, 3.8) is 0 Å². The van der Waals surface area contributed by atoms with Crippen molar-refractivity contribution in [1.29, 1.82) is 0 Å². The number of para-hydroxylation sites is 1. The van der Waals surface area contributed by atoms with E-state index in [9.17, 15) is 0 Å². The minimum Gasteiger partial charge on any atom is -0.398 e. The van der Waals surface area contributed by atoms with E-state index in [1.807, 2.05) is 24.3 Å². The molecule has 0 aliphatic heterocycles. The van der Waals surface area contributed by atoms with Crippen molar-refractivity contribution in [2.24, 2.45) is 0 Å². The molecule has 20 heavy (non-hydrogen) atoms. The third kappa shape index (κ3) is 2.55. The fraction of sp³-hybridized carbons (Fsp3) is 0. The quantitative estimate of drug-likeness (QED) is 0.696. The van der Waals surface area contributed by atoms with E-state index in [2.05, 4.69) is 26.1 Å². The van der Waals surface area contributed by atoms with Crippen LogP contribution in [0.1, 0.15) is 0 Å². The molecule has 4 nitrogen and oxygen atoms in total. The summed E-state index contributed by atoms with van der Waals surface area (Å²) in [6.07, 6.45) is 0. The summed E-state index contributed by atoms with van der Waals surface area (Å²) in [5.74, 6) is 0.848. The summed E-state index contributed by atoms with van der Waals surface area (Å²) < 4.78 is 6.12. The molecule has 0 saturated heterocycles. The molecule has 2 aromatic carbocycles. The van der Waals surface area contributed by atoms with Crippen LogP contribution in [0.5, 0.6) is 0 Å². The predicted molar refractivity (Wildman–Crippen MR) is 82.3 cm³/mol. The Bertz CT molecular complexity index is 752. The number of hydrogen-bond acceptors (Lipinski definition) is 4. The smallest absolute Gasteiger partial charge is 0.258 e. The van der Waals surface area contributed by atoms with Crippen molar-refractivity contribution >= 4 is 33.2 Å². The van der Waals surface area contributed by atoms with Crippen molar-refractivity contribution in [3.05, 3.63) is 52.0 Å². The predicted octanol–water partition coefficient (Wildman–Crippen LogP) is 4.40. The lowest BCUT2D eigenvalue weighted by atomic mass is 10.2. The third-order valence-corrected chi connectivity index (χ3v) is 3.41. The maximum atomic E-state index is 6.01. The van der Waals surface area contributed by atoms with Crippen molar-refractivity contribution in [2.45, 2.75) is 0 Å². The summed E-state index contributed by atoms with van der Waals surface area (Å²) in [5, 5.41) is 4.55. The van der Waals surface area contributed by atoms with Gasteiger partial charge in [-0.3, -0.25) is 0 Å². The molecule has 0 saturated carbocycles. The van der Waals surface area contributed by atoms with Crippen LogP contribution < -0.4 is 5.73 Å². The van der Waals surface area contributed by atoms with Crippen LogP contribution in [0.4, 0.5) is 5.69 Å². The average molecular weight is 351 g/mol. The minimum atomic E-state index is 0.395. The number of anilines is 1. The highest BCUT2D eigenvalue weighted by Crippen LogP contribution is 2.29. The van der Waals surface area contributed by atoms with Crippen LogP contribution in [0.15, 0.2) is 51.5 Å². The van der Waals surface area contributed by atoms with Gasteiger partial charge in [-0.05, 0) is 30.3 Å². The normalized spacial score (nSPS) is 10.7. The SMILES string of the molecule is Nc1ccccc1-c1noc(-c2cc(Cl)cc(Br)c2)n1. The molecule has 0 spiro atoms. The second kappa shape index (κ2) is 5.26. The molecule has 1 aromatic heterocycles. The molecular weight excluding hydrogens is 342 g/mol. The Morgan fingerprint density at radius 2 is 1.95 bits per heavy atom.